The topological polar surface area (TPSA) is 12.0 Å². The second-order valence-corrected chi connectivity index (χ2v) is 4.81. The Morgan fingerprint density at radius 1 is 1.40 bits per heavy atom. The van der Waals surface area contributed by atoms with Crippen LogP contribution in [0, 0.1) is 0 Å². The molecule has 0 saturated carbocycles. The first-order valence-corrected chi connectivity index (χ1v) is 6.09. The van der Waals surface area contributed by atoms with Gasteiger partial charge in [-0.25, -0.2) is 0 Å². The first-order valence-electron chi connectivity index (χ1n) is 6.09. The zero-order valence-corrected chi connectivity index (χ0v) is 9.84. The Morgan fingerprint density at radius 3 is 2.93 bits per heavy atom. The molecule has 0 aliphatic carbocycles. The fraction of sp³-hybridized carbons (Fsp3) is 0.571. The second kappa shape index (κ2) is 4.36. The molecule has 1 N–H and O–H groups in total. The van der Waals surface area contributed by atoms with Gasteiger partial charge in [0.2, 0.25) is 0 Å². The van der Waals surface area contributed by atoms with E-state index in [9.17, 15) is 0 Å². The van der Waals surface area contributed by atoms with Gasteiger partial charge in [0.15, 0.2) is 0 Å². The minimum absolute atomic E-state index is 0.226. The molecular weight excluding hydrogens is 182 g/mol. The van der Waals surface area contributed by atoms with Crippen LogP contribution in [0.25, 0.3) is 0 Å². The molecule has 1 aromatic rings. The minimum Gasteiger partial charge on any atom is -0.308 e. The maximum Gasteiger partial charge on any atom is 0.0406 e. The molecule has 1 atom stereocenters. The monoisotopic (exact) mass is 203 g/mol. The summed E-state index contributed by atoms with van der Waals surface area (Å²) in [4.78, 5) is 0. The second-order valence-electron chi connectivity index (χ2n) is 4.81. The van der Waals surface area contributed by atoms with Gasteiger partial charge in [-0.2, -0.15) is 0 Å². The first-order chi connectivity index (χ1) is 7.24. The van der Waals surface area contributed by atoms with E-state index in [4.69, 9.17) is 0 Å². The van der Waals surface area contributed by atoms with Crippen molar-refractivity contribution in [3.63, 3.8) is 0 Å². The fourth-order valence-corrected chi connectivity index (χ4v) is 2.50. The molecule has 2 rings (SSSR count). The van der Waals surface area contributed by atoms with Crippen LogP contribution < -0.4 is 5.32 Å². The van der Waals surface area contributed by atoms with Gasteiger partial charge in [-0.05, 0) is 43.9 Å². The van der Waals surface area contributed by atoms with Crippen molar-refractivity contribution < 1.29 is 0 Å². The van der Waals surface area contributed by atoms with Gasteiger partial charge in [0.1, 0.15) is 0 Å². The van der Waals surface area contributed by atoms with Gasteiger partial charge in [0.25, 0.3) is 0 Å². The Balaban J connectivity index is 2.23. The van der Waals surface area contributed by atoms with E-state index in [1.54, 1.807) is 0 Å². The van der Waals surface area contributed by atoms with E-state index in [1.807, 2.05) is 0 Å². The van der Waals surface area contributed by atoms with Crippen LogP contribution in [0.1, 0.15) is 44.2 Å². The Bertz CT molecular complexity index is 324. The molecule has 1 heteroatoms. The summed E-state index contributed by atoms with van der Waals surface area (Å²) >= 11 is 0. The zero-order chi connectivity index (χ0) is 10.7. The van der Waals surface area contributed by atoms with Crippen LogP contribution in [-0.2, 0) is 12.0 Å². The van der Waals surface area contributed by atoms with E-state index in [0.717, 1.165) is 6.54 Å². The van der Waals surface area contributed by atoms with E-state index in [2.05, 4.69) is 43.4 Å². The van der Waals surface area contributed by atoms with Gasteiger partial charge in [-0.1, -0.05) is 37.6 Å². The van der Waals surface area contributed by atoms with E-state index < -0.39 is 0 Å². The third kappa shape index (κ3) is 2.23. The van der Waals surface area contributed by atoms with Crippen LogP contribution >= 0.6 is 0 Å². The summed E-state index contributed by atoms with van der Waals surface area (Å²) in [6, 6.07) is 9.08. The SMILES string of the molecule is CCCc1cccc(C2(C)CCCN2)c1. The molecule has 1 heterocycles. The largest absolute Gasteiger partial charge is 0.308 e. The summed E-state index contributed by atoms with van der Waals surface area (Å²) in [7, 11) is 0. The Labute approximate surface area is 92.9 Å². The van der Waals surface area contributed by atoms with Gasteiger partial charge in [0, 0.05) is 5.54 Å². The van der Waals surface area contributed by atoms with Gasteiger partial charge < -0.3 is 5.32 Å². The van der Waals surface area contributed by atoms with Gasteiger partial charge in [-0.15, -0.1) is 0 Å². The average molecular weight is 203 g/mol. The molecule has 1 aliphatic rings. The van der Waals surface area contributed by atoms with Crippen LogP contribution in [-0.4, -0.2) is 6.54 Å². The summed E-state index contributed by atoms with van der Waals surface area (Å²) in [5, 5.41) is 3.62. The molecule has 1 nitrogen and oxygen atoms in total. The van der Waals surface area contributed by atoms with Crippen LogP contribution in [0.15, 0.2) is 24.3 Å². The van der Waals surface area contributed by atoms with Crippen molar-refractivity contribution in [2.75, 3.05) is 6.54 Å². The molecule has 1 saturated heterocycles. The summed E-state index contributed by atoms with van der Waals surface area (Å²) in [5.74, 6) is 0. The van der Waals surface area contributed by atoms with Crippen molar-refractivity contribution in [2.45, 2.75) is 45.1 Å². The van der Waals surface area contributed by atoms with Crippen molar-refractivity contribution in [2.24, 2.45) is 0 Å². The van der Waals surface area contributed by atoms with Gasteiger partial charge >= 0.3 is 0 Å². The third-order valence-corrected chi connectivity index (χ3v) is 3.47. The number of aryl methyl sites for hydroxylation is 1. The molecule has 0 radical (unpaired) electrons. The maximum atomic E-state index is 3.62. The first kappa shape index (κ1) is 10.7. The van der Waals surface area contributed by atoms with E-state index in [-0.39, 0.29) is 5.54 Å². The molecule has 0 amide bonds. The van der Waals surface area contributed by atoms with Crippen molar-refractivity contribution in [3.8, 4) is 0 Å². The van der Waals surface area contributed by atoms with Crippen LogP contribution in [0.3, 0.4) is 0 Å². The van der Waals surface area contributed by atoms with Crippen LogP contribution in [0.4, 0.5) is 0 Å². The number of hydrogen-bond acceptors (Lipinski definition) is 1. The van der Waals surface area contributed by atoms with Crippen LogP contribution in [0.2, 0.25) is 0 Å². The quantitative estimate of drug-likeness (QED) is 0.795. The fourth-order valence-electron chi connectivity index (χ4n) is 2.50. The lowest BCUT2D eigenvalue weighted by atomic mass is 9.89. The molecule has 15 heavy (non-hydrogen) atoms. The summed E-state index contributed by atoms with van der Waals surface area (Å²) in [6.45, 7) is 5.72. The Hall–Kier alpha value is -0.820. The highest BCUT2D eigenvalue weighted by molar-refractivity contribution is 5.30. The lowest BCUT2D eigenvalue weighted by Gasteiger charge is -2.25. The highest BCUT2D eigenvalue weighted by atomic mass is 15.0. The number of rotatable bonds is 3. The summed E-state index contributed by atoms with van der Waals surface area (Å²) in [6.07, 6.45) is 4.99. The lowest BCUT2D eigenvalue weighted by Crippen LogP contribution is -2.33. The van der Waals surface area contributed by atoms with Gasteiger partial charge in [-0.3, -0.25) is 0 Å². The third-order valence-electron chi connectivity index (χ3n) is 3.47. The molecule has 1 aromatic carbocycles. The number of benzene rings is 1. The van der Waals surface area contributed by atoms with Gasteiger partial charge in [0.05, 0.1) is 0 Å². The normalized spacial score (nSPS) is 25.7. The minimum atomic E-state index is 0.226. The van der Waals surface area contributed by atoms with Crippen molar-refractivity contribution in [3.05, 3.63) is 35.4 Å². The Kier molecular flexibility index (Phi) is 3.11. The molecule has 1 aliphatic heterocycles. The van der Waals surface area contributed by atoms with E-state index in [0.29, 0.717) is 0 Å². The summed E-state index contributed by atoms with van der Waals surface area (Å²) in [5.41, 5.74) is 3.17. The molecule has 82 valence electrons. The van der Waals surface area contributed by atoms with Crippen molar-refractivity contribution in [1.29, 1.82) is 0 Å². The molecule has 0 bridgehead atoms. The highest BCUT2D eigenvalue weighted by Gasteiger charge is 2.29. The van der Waals surface area contributed by atoms with Crippen molar-refractivity contribution in [1.82, 2.24) is 5.32 Å². The van der Waals surface area contributed by atoms with Crippen LogP contribution in [0.5, 0.6) is 0 Å². The van der Waals surface area contributed by atoms with Crippen molar-refractivity contribution >= 4 is 0 Å². The zero-order valence-electron chi connectivity index (χ0n) is 9.84. The highest BCUT2D eigenvalue weighted by Crippen LogP contribution is 2.30. The number of hydrogen-bond donors (Lipinski definition) is 1. The van der Waals surface area contributed by atoms with E-state index in [1.165, 1.54) is 36.8 Å². The lowest BCUT2D eigenvalue weighted by molar-refractivity contribution is 0.434. The molecule has 0 spiro atoms. The van der Waals surface area contributed by atoms with E-state index >= 15 is 0 Å². The Morgan fingerprint density at radius 2 is 2.27 bits per heavy atom. The standard InChI is InChI=1S/C14H21N/c1-3-6-12-7-4-8-13(11-12)14(2)9-5-10-15-14/h4,7-8,11,15H,3,5-6,9-10H2,1-2H3. The maximum absolute atomic E-state index is 3.62. The smallest absolute Gasteiger partial charge is 0.0406 e. The average Bonchev–Trinajstić information content (AvgIpc) is 2.68. The molecule has 0 aromatic heterocycles. The number of nitrogens with one attached hydrogen (secondary N) is 1. The molecular formula is C14H21N. The molecule has 1 fully saturated rings. The summed E-state index contributed by atoms with van der Waals surface area (Å²) < 4.78 is 0. The predicted octanol–water partition coefficient (Wildman–Crippen LogP) is 3.24. The molecule has 1 unspecified atom stereocenters. The predicted molar refractivity (Wildman–Crippen MR) is 65.0 cm³/mol.